The van der Waals surface area contributed by atoms with Gasteiger partial charge in [-0.25, -0.2) is 0 Å². The molecule has 0 spiro atoms. The molecule has 1 saturated carbocycles. The van der Waals surface area contributed by atoms with E-state index in [0.29, 0.717) is 19.0 Å². The summed E-state index contributed by atoms with van der Waals surface area (Å²) >= 11 is 0. The maximum Gasteiger partial charge on any atom is 0.304 e. The van der Waals surface area contributed by atoms with Crippen LogP contribution in [0.1, 0.15) is 48.0 Å². The SMILES string of the molecule is CC(CC(=O)O)N1CCN(C(=O)c2cccc(C3CC3)c2)CC1. The van der Waals surface area contributed by atoms with Crippen LogP contribution < -0.4 is 0 Å². The summed E-state index contributed by atoms with van der Waals surface area (Å²) in [7, 11) is 0. The molecule has 5 heteroatoms. The molecule has 23 heavy (non-hydrogen) atoms. The Kier molecular flexibility index (Phi) is 4.66. The minimum Gasteiger partial charge on any atom is -0.481 e. The molecule has 0 bridgehead atoms. The fourth-order valence-corrected chi connectivity index (χ4v) is 3.27. The zero-order valence-electron chi connectivity index (χ0n) is 13.6. The number of piperazine rings is 1. The Bertz CT molecular complexity index is 590. The number of aliphatic carboxylic acids is 1. The first-order valence-electron chi connectivity index (χ1n) is 8.39. The first-order valence-corrected chi connectivity index (χ1v) is 8.39. The molecule has 1 heterocycles. The second kappa shape index (κ2) is 6.71. The molecule has 0 radical (unpaired) electrons. The fourth-order valence-electron chi connectivity index (χ4n) is 3.27. The monoisotopic (exact) mass is 316 g/mol. The van der Waals surface area contributed by atoms with E-state index < -0.39 is 5.97 Å². The molecule has 2 fully saturated rings. The van der Waals surface area contributed by atoms with Crippen LogP contribution in [0.2, 0.25) is 0 Å². The Morgan fingerprint density at radius 2 is 1.91 bits per heavy atom. The van der Waals surface area contributed by atoms with Gasteiger partial charge in [0.1, 0.15) is 0 Å². The van der Waals surface area contributed by atoms with E-state index in [1.165, 1.54) is 18.4 Å². The summed E-state index contributed by atoms with van der Waals surface area (Å²) < 4.78 is 0. The topological polar surface area (TPSA) is 60.9 Å². The standard InChI is InChI=1S/C18H24N2O3/c1-13(11-17(21)22)19-7-9-20(10-8-19)18(23)16-4-2-3-15(12-16)14-5-6-14/h2-4,12-14H,5-11H2,1H3,(H,21,22). The highest BCUT2D eigenvalue weighted by molar-refractivity contribution is 5.94. The van der Waals surface area contributed by atoms with Crippen LogP contribution in [0.15, 0.2) is 24.3 Å². The van der Waals surface area contributed by atoms with E-state index in [9.17, 15) is 9.59 Å². The number of amides is 1. The Hall–Kier alpha value is -1.88. The second-order valence-corrected chi connectivity index (χ2v) is 6.67. The van der Waals surface area contributed by atoms with Gasteiger partial charge < -0.3 is 10.0 Å². The lowest BCUT2D eigenvalue weighted by molar-refractivity contribution is -0.138. The predicted molar refractivity (Wildman–Crippen MR) is 87.6 cm³/mol. The van der Waals surface area contributed by atoms with Crippen LogP contribution in [0.3, 0.4) is 0 Å². The van der Waals surface area contributed by atoms with Crippen LogP contribution in [0.5, 0.6) is 0 Å². The summed E-state index contributed by atoms with van der Waals surface area (Å²) in [5.74, 6) is -0.0256. The van der Waals surface area contributed by atoms with Crippen molar-refractivity contribution in [1.29, 1.82) is 0 Å². The predicted octanol–water partition coefficient (Wildman–Crippen LogP) is 2.18. The van der Waals surface area contributed by atoms with Gasteiger partial charge in [-0.2, -0.15) is 0 Å². The lowest BCUT2D eigenvalue weighted by Gasteiger charge is -2.37. The van der Waals surface area contributed by atoms with Crippen molar-refractivity contribution in [2.75, 3.05) is 26.2 Å². The van der Waals surface area contributed by atoms with Crippen molar-refractivity contribution in [1.82, 2.24) is 9.80 Å². The van der Waals surface area contributed by atoms with Gasteiger partial charge in [0.15, 0.2) is 0 Å². The lowest BCUT2D eigenvalue weighted by Crippen LogP contribution is -2.51. The Labute approximate surface area is 136 Å². The quantitative estimate of drug-likeness (QED) is 0.904. The number of carbonyl (C=O) groups is 2. The van der Waals surface area contributed by atoms with E-state index in [2.05, 4.69) is 11.0 Å². The van der Waals surface area contributed by atoms with E-state index in [4.69, 9.17) is 5.11 Å². The zero-order chi connectivity index (χ0) is 16.4. The average Bonchev–Trinajstić information content (AvgIpc) is 3.39. The summed E-state index contributed by atoms with van der Waals surface area (Å²) in [4.78, 5) is 27.5. The van der Waals surface area contributed by atoms with Crippen molar-refractivity contribution < 1.29 is 14.7 Å². The number of carboxylic acids is 1. The second-order valence-electron chi connectivity index (χ2n) is 6.67. The number of rotatable bonds is 5. The van der Waals surface area contributed by atoms with Gasteiger partial charge in [-0.05, 0) is 43.4 Å². The molecule has 3 rings (SSSR count). The molecule has 124 valence electrons. The van der Waals surface area contributed by atoms with Crippen LogP contribution >= 0.6 is 0 Å². The Morgan fingerprint density at radius 3 is 2.52 bits per heavy atom. The third-order valence-electron chi connectivity index (χ3n) is 4.88. The minimum absolute atomic E-state index is 0.0166. The summed E-state index contributed by atoms with van der Waals surface area (Å²) in [6, 6.07) is 8.04. The maximum atomic E-state index is 12.7. The summed E-state index contributed by atoms with van der Waals surface area (Å²) in [5.41, 5.74) is 2.06. The van der Waals surface area contributed by atoms with Gasteiger partial charge in [0.2, 0.25) is 0 Å². The van der Waals surface area contributed by atoms with Crippen LogP contribution in [0, 0.1) is 0 Å². The Balaban J connectivity index is 1.57. The first kappa shape index (κ1) is 16.0. The smallest absolute Gasteiger partial charge is 0.304 e. The van der Waals surface area contributed by atoms with Gasteiger partial charge in [0.05, 0.1) is 6.42 Å². The molecule has 1 amide bonds. The zero-order valence-corrected chi connectivity index (χ0v) is 13.6. The molecule has 1 unspecified atom stereocenters. The molecule has 0 aromatic heterocycles. The highest BCUT2D eigenvalue weighted by atomic mass is 16.4. The number of hydrogen-bond acceptors (Lipinski definition) is 3. The molecular weight excluding hydrogens is 292 g/mol. The van der Waals surface area contributed by atoms with Gasteiger partial charge in [-0.15, -0.1) is 0 Å². The minimum atomic E-state index is -0.770. The van der Waals surface area contributed by atoms with Crippen LogP contribution in [0.4, 0.5) is 0 Å². The largest absolute Gasteiger partial charge is 0.481 e. The van der Waals surface area contributed by atoms with Gasteiger partial charge in [0, 0.05) is 37.8 Å². The van der Waals surface area contributed by atoms with Gasteiger partial charge in [-0.1, -0.05) is 12.1 Å². The van der Waals surface area contributed by atoms with Crippen molar-refractivity contribution in [2.24, 2.45) is 0 Å². The third-order valence-corrected chi connectivity index (χ3v) is 4.88. The fraction of sp³-hybridized carbons (Fsp3) is 0.556. The summed E-state index contributed by atoms with van der Waals surface area (Å²) in [6.07, 6.45) is 2.62. The highest BCUT2D eigenvalue weighted by Gasteiger charge is 2.27. The van der Waals surface area contributed by atoms with Crippen molar-refractivity contribution >= 4 is 11.9 Å². The molecule has 2 aliphatic rings. The molecule has 5 nitrogen and oxygen atoms in total. The molecule has 1 aliphatic carbocycles. The van der Waals surface area contributed by atoms with E-state index >= 15 is 0 Å². The number of carbonyl (C=O) groups excluding carboxylic acids is 1. The van der Waals surface area contributed by atoms with Gasteiger partial charge >= 0.3 is 5.97 Å². The molecule has 1 N–H and O–H groups in total. The molecule has 1 aliphatic heterocycles. The van der Waals surface area contributed by atoms with Crippen molar-refractivity contribution in [2.45, 2.75) is 38.1 Å². The van der Waals surface area contributed by atoms with Crippen molar-refractivity contribution in [3.8, 4) is 0 Å². The van der Waals surface area contributed by atoms with Gasteiger partial charge in [-0.3, -0.25) is 14.5 Å². The van der Waals surface area contributed by atoms with E-state index in [1.807, 2.05) is 30.0 Å². The molecular formula is C18H24N2O3. The van der Waals surface area contributed by atoms with Crippen LogP contribution in [0.25, 0.3) is 0 Å². The molecule has 1 aromatic rings. The summed E-state index contributed by atoms with van der Waals surface area (Å²) in [6.45, 7) is 4.74. The Morgan fingerprint density at radius 1 is 1.22 bits per heavy atom. The number of benzene rings is 1. The summed E-state index contributed by atoms with van der Waals surface area (Å²) in [5, 5.41) is 8.89. The average molecular weight is 316 g/mol. The normalized spacial score (nSPS) is 20.3. The lowest BCUT2D eigenvalue weighted by atomic mass is 10.1. The van der Waals surface area contributed by atoms with E-state index in [0.717, 1.165) is 18.7 Å². The van der Waals surface area contributed by atoms with Crippen molar-refractivity contribution in [3.05, 3.63) is 35.4 Å². The number of hydrogen-bond donors (Lipinski definition) is 1. The number of nitrogens with zero attached hydrogens (tertiary/aromatic N) is 2. The third kappa shape index (κ3) is 3.91. The molecule has 1 atom stereocenters. The molecule has 1 aromatic carbocycles. The van der Waals surface area contributed by atoms with Gasteiger partial charge in [0.25, 0.3) is 5.91 Å². The van der Waals surface area contributed by atoms with Crippen LogP contribution in [-0.2, 0) is 4.79 Å². The van der Waals surface area contributed by atoms with E-state index in [-0.39, 0.29) is 18.4 Å². The first-order chi connectivity index (χ1) is 11.0. The maximum absolute atomic E-state index is 12.7. The number of carboxylic acid groups (broad SMARTS) is 1. The van der Waals surface area contributed by atoms with Crippen molar-refractivity contribution in [3.63, 3.8) is 0 Å². The molecule has 1 saturated heterocycles. The highest BCUT2D eigenvalue weighted by Crippen LogP contribution is 2.40. The van der Waals surface area contributed by atoms with E-state index in [1.54, 1.807) is 0 Å². The van der Waals surface area contributed by atoms with Crippen LogP contribution in [-0.4, -0.2) is 59.0 Å².